The van der Waals surface area contributed by atoms with Crippen molar-refractivity contribution in [2.45, 2.75) is 0 Å². The number of anilines is 1. The summed E-state index contributed by atoms with van der Waals surface area (Å²) in [5.41, 5.74) is 2.61. The number of rotatable bonds is 2. The van der Waals surface area contributed by atoms with Gasteiger partial charge in [-0.15, -0.1) is 0 Å². The second-order valence-electron chi connectivity index (χ2n) is 4.90. The molecule has 108 valence electrons. The van der Waals surface area contributed by atoms with Gasteiger partial charge in [-0.1, -0.05) is 17.7 Å². The van der Waals surface area contributed by atoms with E-state index in [0.717, 1.165) is 10.9 Å². The van der Waals surface area contributed by atoms with E-state index in [1.54, 1.807) is 41.0 Å². The number of benzene rings is 2. The number of amides is 1. The summed E-state index contributed by atoms with van der Waals surface area (Å²) < 4.78 is 1.81. The van der Waals surface area contributed by atoms with Crippen LogP contribution in [0.1, 0.15) is 16.1 Å². The van der Waals surface area contributed by atoms with Gasteiger partial charge in [0.25, 0.3) is 5.91 Å². The molecule has 0 unspecified atom stereocenters. The number of halogens is 1. The number of nitrogens with one attached hydrogen (secondary N) is 1. The first-order chi connectivity index (χ1) is 10.6. The summed E-state index contributed by atoms with van der Waals surface area (Å²) >= 11 is 6.16. The fourth-order valence-electron chi connectivity index (χ4n) is 2.37. The van der Waals surface area contributed by atoms with Gasteiger partial charge in [0.1, 0.15) is 5.69 Å². The van der Waals surface area contributed by atoms with Crippen molar-refractivity contribution in [2.75, 3.05) is 5.32 Å². The zero-order chi connectivity index (χ0) is 15.7. The van der Waals surface area contributed by atoms with Gasteiger partial charge in [0, 0.05) is 28.7 Å². The van der Waals surface area contributed by atoms with Crippen LogP contribution in [-0.4, -0.2) is 10.5 Å². The van der Waals surface area contributed by atoms with Crippen LogP contribution in [0.5, 0.6) is 0 Å². The Kier molecular flexibility index (Phi) is 3.58. The first kappa shape index (κ1) is 14.2. The van der Waals surface area contributed by atoms with Gasteiger partial charge in [-0.2, -0.15) is 5.26 Å². The predicted octanol–water partition coefficient (Wildman–Crippen LogP) is 3.96. The fraction of sp³-hybridized carbons (Fsp3) is 0.0588. The summed E-state index contributed by atoms with van der Waals surface area (Å²) in [6.07, 6.45) is 0. The van der Waals surface area contributed by atoms with Crippen LogP contribution in [0.2, 0.25) is 5.02 Å². The standard InChI is InChI=1S/C17H12ClN3O/c1-21-15-4-2-3-14(18)13(15)9-16(21)17(22)20-12-7-5-11(10-19)6-8-12/h2-9H,1H3,(H,20,22). The minimum absolute atomic E-state index is 0.223. The van der Waals surface area contributed by atoms with E-state index < -0.39 is 0 Å². The molecule has 0 saturated heterocycles. The van der Waals surface area contributed by atoms with Gasteiger partial charge in [0.2, 0.25) is 0 Å². The lowest BCUT2D eigenvalue weighted by molar-refractivity contribution is 0.102. The molecule has 0 bridgehead atoms. The molecule has 1 N–H and O–H groups in total. The molecule has 5 heteroatoms. The van der Waals surface area contributed by atoms with E-state index >= 15 is 0 Å². The SMILES string of the molecule is Cn1c(C(=O)Nc2ccc(C#N)cc2)cc2c(Cl)cccc21. The minimum Gasteiger partial charge on any atom is -0.340 e. The van der Waals surface area contributed by atoms with E-state index in [9.17, 15) is 4.79 Å². The second-order valence-corrected chi connectivity index (χ2v) is 5.31. The third-order valence-electron chi connectivity index (χ3n) is 3.54. The van der Waals surface area contributed by atoms with Crippen molar-refractivity contribution < 1.29 is 4.79 Å². The van der Waals surface area contributed by atoms with Gasteiger partial charge >= 0.3 is 0 Å². The van der Waals surface area contributed by atoms with E-state index in [2.05, 4.69) is 5.32 Å². The minimum atomic E-state index is -0.223. The number of hydrogen-bond donors (Lipinski definition) is 1. The Morgan fingerprint density at radius 3 is 2.59 bits per heavy atom. The number of carbonyl (C=O) groups excluding carboxylic acids is 1. The number of aromatic nitrogens is 1. The molecular weight excluding hydrogens is 298 g/mol. The lowest BCUT2D eigenvalue weighted by Crippen LogP contribution is -2.15. The highest BCUT2D eigenvalue weighted by atomic mass is 35.5. The molecular formula is C17H12ClN3O. The Bertz CT molecular complexity index is 904. The maximum atomic E-state index is 12.4. The zero-order valence-corrected chi connectivity index (χ0v) is 12.6. The Hall–Kier alpha value is -2.77. The van der Waals surface area contributed by atoms with Gasteiger partial charge in [-0.25, -0.2) is 0 Å². The summed E-state index contributed by atoms with van der Waals surface area (Å²) in [4.78, 5) is 12.4. The zero-order valence-electron chi connectivity index (χ0n) is 11.8. The predicted molar refractivity (Wildman–Crippen MR) is 87.0 cm³/mol. The highest BCUT2D eigenvalue weighted by Crippen LogP contribution is 2.26. The van der Waals surface area contributed by atoms with Gasteiger partial charge in [0.05, 0.1) is 11.6 Å². The number of aryl methyl sites for hydroxylation is 1. The highest BCUT2D eigenvalue weighted by molar-refractivity contribution is 6.35. The quantitative estimate of drug-likeness (QED) is 0.779. The largest absolute Gasteiger partial charge is 0.340 e. The van der Waals surface area contributed by atoms with Crippen LogP contribution in [-0.2, 0) is 7.05 Å². The Balaban J connectivity index is 1.93. The lowest BCUT2D eigenvalue weighted by Gasteiger charge is -2.06. The summed E-state index contributed by atoms with van der Waals surface area (Å²) in [6.45, 7) is 0. The van der Waals surface area contributed by atoms with Crippen LogP contribution in [0, 0.1) is 11.3 Å². The number of carbonyl (C=O) groups is 1. The number of nitriles is 1. The van der Waals surface area contributed by atoms with Crippen LogP contribution < -0.4 is 5.32 Å². The lowest BCUT2D eigenvalue weighted by atomic mass is 10.2. The summed E-state index contributed by atoms with van der Waals surface area (Å²) in [5.74, 6) is -0.223. The van der Waals surface area contributed by atoms with Crippen molar-refractivity contribution in [1.82, 2.24) is 4.57 Å². The molecule has 0 aliphatic rings. The summed E-state index contributed by atoms with van der Waals surface area (Å²) in [6, 6.07) is 16.1. The topological polar surface area (TPSA) is 57.8 Å². The Morgan fingerprint density at radius 1 is 1.23 bits per heavy atom. The van der Waals surface area contributed by atoms with Crippen LogP contribution in [0.3, 0.4) is 0 Å². The average molecular weight is 310 g/mol. The van der Waals surface area contributed by atoms with E-state index in [1.165, 1.54) is 0 Å². The van der Waals surface area contributed by atoms with E-state index in [0.29, 0.717) is 22.0 Å². The number of hydrogen-bond acceptors (Lipinski definition) is 2. The molecule has 1 amide bonds. The first-order valence-corrected chi connectivity index (χ1v) is 7.03. The van der Waals surface area contributed by atoms with Crippen molar-refractivity contribution in [3.05, 3.63) is 64.8 Å². The van der Waals surface area contributed by atoms with Crippen LogP contribution in [0.4, 0.5) is 5.69 Å². The third-order valence-corrected chi connectivity index (χ3v) is 3.87. The van der Waals surface area contributed by atoms with Gasteiger partial charge < -0.3 is 9.88 Å². The Morgan fingerprint density at radius 2 is 1.95 bits per heavy atom. The molecule has 1 heterocycles. The van der Waals surface area contributed by atoms with Gasteiger partial charge in [-0.3, -0.25) is 4.79 Å². The molecule has 3 rings (SSSR count). The molecule has 4 nitrogen and oxygen atoms in total. The van der Waals surface area contributed by atoms with Crippen molar-refractivity contribution in [3.63, 3.8) is 0 Å². The molecule has 0 aliphatic heterocycles. The summed E-state index contributed by atoms with van der Waals surface area (Å²) in [7, 11) is 1.83. The summed E-state index contributed by atoms with van der Waals surface area (Å²) in [5, 5.41) is 13.1. The molecule has 0 aliphatic carbocycles. The van der Waals surface area contributed by atoms with E-state index in [4.69, 9.17) is 16.9 Å². The molecule has 3 aromatic rings. The molecule has 0 fully saturated rings. The fourth-order valence-corrected chi connectivity index (χ4v) is 2.59. The van der Waals surface area contributed by atoms with Crippen molar-refractivity contribution in [2.24, 2.45) is 7.05 Å². The highest BCUT2D eigenvalue weighted by Gasteiger charge is 2.14. The molecule has 0 spiro atoms. The number of fused-ring (bicyclic) bond motifs is 1. The normalized spacial score (nSPS) is 10.4. The molecule has 0 atom stereocenters. The van der Waals surface area contributed by atoms with E-state index in [1.807, 2.05) is 25.2 Å². The van der Waals surface area contributed by atoms with Crippen LogP contribution in [0.15, 0.2) is 48.5 Å². The number of nitrogens with zero attached hydrogens (tertiary/aromatic N) is 2. The maximum Gasteiger partial charge on any atom is 0.272 e. The molecule has 1 aromatic heterocycles. The van der Waals surface area contributed by atoms with Crippen molar-refractivity contribution >= 4 is 34.1 Å². The average Bonchev–Trinajstić information content (AvgIpc) is 2.87. The van der Waals surface area contributed by atoms with Crippen molar-refractivity contribution in [3.8, 4) is 6.07 Å². The third kappa shape index (κ3) is 2.43. The maximum absolute atomic E-state index is 12.4. The second kappa shape index (κ2) is 5.55. The Labute approximate surface area is 132 Å². The van der Waals surface area contributed by atoms with Crippen LogP contribution in [0.25, 0.3) is 10.9 Å². The first-order valence-electron chi connectivity index (χ1n) is 6.65. The van der Waals surface area contributed by atoms with Gasteiger partial charge in [-0.05, 0) is 42.5 Å². The molecule has 0 saturated carbocycles. The van der Waals surface area contributed by atoms with Crippen molar-refractivity contribution in [1.29, 1.82) is 5.26 Å². The van der Waals surface area contributed by atoms with E-state index in [-0.39, 0.29) is 5.91 Å². The molecule has 2 aromatic carbocycles. The smallest absolute Gasteiger partial charge is 0.272 e. The monoisotopic (exact) mass is 309 g/mol. The molecule has 0 radical (unpaired) electrons. The van der Waals surface area contributed by atoms with Gasteiger partial charge in [0.15, 0.2) is 0 Å². The molecule has 22 heavy (non-hydrogen) atoms. The van der Waals surface area contributed by atoms with Crippen LogP contribution >= 0.6 is 11.6 Å².